The van der Waals surface area contributed by atoms with Crippen LogP contribution in [0.15, 0.2) is 370 Å². The Morgan fingerprint density at radius 2 is 0.438 bits per heavy atom. The van der Waals surface area contributed by atoms with Gasteiger partial charge in [0.2, 0.25) is 5.41 Å². The number of benzene rings is 15. The van der Waals surface area contributed by atoms with Crippen LogP contribution in [-0.4, -0.2) is 72.2 Å². The lowest BCUT2D eigenvalue weighted by Crippen LogP contribution is -2.54. The van der Waals surface area contributed by atoms with Crippen LogP contribution in [-0.2, 0) is 23.9 Å². The van der Waals surface area contributed by atoms with E-state index in [-0.39, 0.29) is 119 Å². The fraction of sp³-hybridized carbons (Fsp3) is 0.0556. The maximum Gasteiger partial charge on any atom is 0.417 e. The number of alkyl halides is 15. The van der Waals surface area contributed by atoms with Crippen molar-refractivity contribution in [3.8, 4) is 170 Å². The summed E-state index contributed by atoms with van der Waals surface area (Å²) in [5, 5.41) is 0. The molecule has 0 spiro atoms. The summed E-state index contributed by atoms with van der Waals surface area (Å²) < 4.78 is 253. The third-order valence-electron chi connectivity index (χ3n) is 22.9. The van der Waals surface area contributed by atoms with Gasteiger partial charge in [-0.1, -0.05) is 231 Å². The molecule has 20 rings (SSSR count). The number of fused-ring (bicyclic) bond motifs is 3. The Bertz CT molecular complexity index is 7670. The molecule has 0 amide bonds. The van der Waals surface area contributed by atoms with Crippen LogP contribution in [0, 0.1) is 0 Å². The SMILES string of the molecule is FC(F)(F)c1ccc2nc(-c3cc(-c4nc5ccc(C(F)(F)F)cc5nc4-c4ccccc4)cc(-c4nc5cc(-c6cc(C(c7ccc(Oc8ccc(-c9nc(-c%10ccccc%10)nc(-c%10ccccc%10)n9)cc8)cc7)(C(F)(F)F)C(F)(F)F)ccc6Oc6ccc(-c7nc(-c8ccccc8)nc(-c8ccccc8)n7)cc6)c(C(F)(F)F)cc5nc4-c4ccccc4)c3)c(-c3ccccc3)nc2c1. The summed E-state index contributed by atoms with van der Waals surface area (Å²) >= 11 is 0. The number of ether oxygens (including phenoxy) is 2. The van der Waals surface area contributed by atoms with E-state index < -0.39 is 92.0 Å². The third-order valence-corrected chi connectivity index (χ3v) is 22.9. The Hall–Kier alpha value is -17.1. The molecule has 5 aromatic heterocycles. The molecule has 20 aromatic rings. The first kappa shape index (κ1) is 87.8. The molecule has 0 saturated carbocycles. The predicted molar refractivity (Wildman–Crippen MR) is 491 cm³/mol. The number of hydrogen-bond donors (Lipinski definition) is 0. The van der Waals surface area contributed by atoms with Gasteiger partial charge in [0.25, 0.3) is 0 Å². The summed E-state index contributed by atoms with van der Waals surface area (Å²) in [7, 11) is 0. The zero-order chi connectivity index (χ0) is 94.7. The van der Waals surface area contributed by atoms with E-state index in [1.54, 1.807) is 170 Å². The molecule has 0 fully saturated rings. The zero-order valence-electron chi connectivity index (χ0n) is 70.6. The van der Waals surface area contributed by atoms with Crippen molar-refractivity contribution in [1.82, 2.24) is 59.8 Å². The minimum absolute atomic E-state index is 0.000147. The van der Waals surface area contributed by atoms with Gasteiger partial charge in [-0.15, -0.1) is 0 Å². The highest BCUT2D eigenvalue weighted by atomic mass is 19.4. The van der Waals surface area contributed by atoms with E-state index in [4.69, 9.17) is 69.3 Å². The average Bonchev–Trinajstić information content (AvgIpc) is 0.707. The molecule has 0 saturated heterocycles. The number of hydrogen-bond acceptors (Lipinski definition) is 14. The molecule has 137 heavy (non-hydrogen) atoms. The van der Waals surface area contributed by atoms with Crippen molar-refractivity contribution < 1.29 is 75.3 Å². The van der Waals surface area contributed by atoms with Gasteiger partial charge in [0.1, 0.15) is 23.0 Å². The summed E-state index contributed by atoms with van der Waals surface area (Å²) in [6.45, 7) is 0. The lowest BCUT2D eigenvalue weighted by Gasteiger charge is -2.38. The minimum Gasteiger partial charge on any atom is -0.457 e. The molecule has 0 aliphatic heterocycles. The van der Waals surface area contributed by atoms with Crippen LogP contribution in [0.25, 0.3) is 180 Å². The molecule has 0 bridgehead atoms. The van der Waals surface area contributed by atoms with Gasteiger partial charge in [0, 0.05) is 72.3 Å². The van der Waals surface area contributed by atoms with Crippen molar-refractivity contribution >= 4 is 33.1 Å². The van der Waals surface area contributed by atoms with E-state index in [0.29, 0.717) is 92.6 Å². The maximum absolute atomic E-state index is 17.0. The number of rotatable bonds is 19. The van der Waals surface area contributed by atoms with Crippen LogP contribution in [0.2, 0.25) is 0 Å². The first-order chi connectivity index (χ1) is 66.0. The van der Waals surface area contributed by atoms with Gasteiger partial charge in [0.05, 0.1) is 84.0 Å². The minimum atomic E-state index is -6.38. The normalized spacial score (nSPS) is 12.2. The van der Waals surface area contributed by atoms with Gasteiger partial charge in [0.15, 0.2) is 34.9 Å². The zero-order valence-corrected chi connectivity index (χ0v) is 70.6. The van der Waals surface area contributed by atoms with E-state index >= 15 is 39.5 Å². The van der Waals surface area contributed by atoms with Crippen molar-refractivity contribution in [1.29, 1.82) is 0 Å². The summed E-state index contributed by atoms with van der Waals surface area (Å²) in [6, 6.07) is 88.2. The topological polar surface area (TPSA) is 173 Å². The molecule has 0 aliphatic rings. The largest absolute Gasteiger partial charge is 0.457 e. The second-order valence-corrected chi connectivity index (χ2v) is 31.8. The van der Waals surface area contributed by atoms with Crippen LogP contribution >= 0.6 is 0 Å². The number of halogens is 15. The lowest BCUT2D eigenvalue weighted by molar-refractivity contribution is -0.288. The van der Waals surface area contributed by atoms with E-state index in [9.17, 15) is 26.3 Å². The molecule has 0 unspecified atom stereocenters. The van der Waals surface area contributed by atoms with Crippen LogP contribution in [0.4, 0.5) is 65.9 Å². The molecular formula is C108H61F15N12O2. The second kappa shape index (κ2) is 35.1. The monoisotopic (exact) mass is 1840 g/mol. The molecule has 0 N–H and O–H groups in total. The van der Waals surface area contributed by atoms with Crippen molar-refractivity contribution in [3.05, 3.63) is 398 Å². The Labute approximate surface area is 768 Å². The fourth-order valence-corrected chi connectivity index (χ4v) is 16.4. The van der Waals surface area contributed by atoms with Gasteiger partial charge < -0.3 is 9.47 Å². The first-order valence-electron chi connectivity index (χ1n) is 42.2. The Kier molecular flexibility index (Phi) is 22.5. The lowest BCUT2D eigenvalue weighted by atomic mass is 9.72. The van der Waals surface area contributed by atoms with Crippen molar-refractivity contribution in [2.75, 3.05) is 0 Å². The summed E-state index contributed by atoms with van der Waals surface area (Å²) in [4.78, 5) is 58.3. The highest BCUT2D eigenvalue weighted by molar-refractivity contribution is 5.97. The summed E-state index contributed by atoms with van der Waals surface area (Å²) in [5.41, 5.74) is -11.2. The first-order valence-corrected chi connectivity index (χ1v) is 42.2. The van der Waals surface area contributed by atoms with Crippen LogP contribution in [0.1, 0.15) is 27.8 Å². The summed E-state index contributed by atoms with van der Waals surface area (Å²) in [6.07, 6.45) is -28.0. The van der Waals surface area contributed by atoms with E-state index in [1.807, 2.05) is 60.7 Å². The molecule has 5 heterocycles. The number of nitrogens with zero attached hydrogens (tertiary/aromatic N) is 12. The smallest absolute Gasteiger partial charge is 0.417 e. The van der Waals surface area contributed by atoms with Crippen molar-refractivity contribution in [2.24, 2.45) is 0 Å². The molecule has 0 atom stereocenters. The van der Waals surface area contributed by atoms with Gasteiger partial charge in [-0.3, -0.25) is 0 Å². The Morgan fingerprint density at radius 1 is 0.175 bits per heavy atom. The van der Waals surface area contributed by atoms with Gasteiger partial charge in [-0.05, 0) is 156 Å². The molecule has 0 radical (unpaired) electrons. The highest BCUT2D eigenvalue weighted by Gasteiger charge is 2.72. The quantitative estimate of drug-likeness (QED) is 0.0700. The molecular weight excluding hydrogens is 1780 g/mol. The van der Waals surface area contributed by atoms with Crippen molar-refractivity contribution in [3.63, 3.8) is 0 Å². The fourth-order valence-electron chi connectivity index (χ4n) is 16.4. The van der Waals surface area contributed by atoms with Gasteiger partial charge in [-0.25, -0.2) is 59.8 Å². The predicted octanol–water partition coefficient (Wildman–Crippen LogP) is 29.6. The van der Waals surface area contributed by atoms with Gasteiger partial charge in [-0.2, -0.15) is 65.9 Å². The Morgan fingerprint density at radius 3 is 0.752 bits per heavy atom. The van der Waals surface area contributed by atoms with Crippen LogP contribution < -0.4 is 9.47 Å². The molecule has 0 aliphatic carbocycles. The van der Waals surface area contributed by atoms with E-state index in [1.165, 1.54) is 48.5 Å². The Balaban J connectivity index is 0.778. The van der Waals surface area contributed by atoms with Crippen molar-refractivity contribution in [2.45, 2.75) is 36.3 Å². The van der Waals surface area contributed by atoms with E-state index in [0.717, 1.165) is 54.6 Å². The average molecular weight is 1840 g/mol. The maximum atomic E-state index is 17.0. The summed E-state index contributed by atoms with van der Waals surface area (Å²) in [5.74, 6) is 0.542. The third kappa shape index (κ3) is 17.6. The molecule has 15 aromatic carbocycles. The second-order valence-electron chi connectivity index (χ2n) is 31.8. The van der Waals surface area contributed by atoms with E-state index in [2.05, 4.69) is 0 Å². The molecule has 29 heteroatoms. The highest BCUT2D eigenvalue weighted by Crippen LogP contribution is 2.59. The molecule has 14 nitrogen and oxygen atoms in total. The van der Waals surface area contributed by atoms with Crippen LogP contribution in [0.3, 0.4) is 0 Å². The molecule has 670 valence electrons. The standard InChI is InChI=1S/C108H61F15N12O2/c109-104(110,111)76-42-51-84-86(58-76)126-91(62-22-8-1-9-23-62)94(124-84)71-54-72(95-92(63-24-10-2-11-25-63)127-87-59-77(105(112,113)114)43-52-85(87)125-95)56-73(55-71)96-93(64-26-12-3-13-27-64)129-89-61-83(106(115,116)117)81(60-88(89)128-96)82-57-75(44-53-90(82)137-80-47-38-70(39-48-80)102-134-99(67-32-18-6-19-33-67)131-100(135-102)68-34-20-7-21-35-68)103(107(118,119)120,108(121,122)123)74-40-49-79(50-41-74)136-78-45-36-69(37-46-78)101-132-97(65-28-14-4-15-29-65)130-98(133-101)66-30-16-5-17-31-66/h1-61H. The van der Waals surface area contributed by atoms with Gasteiger partial charge >= 0.3 is 30.9 Å². The number of aromatic nitrogens is 12. The van der Waals surface area contributed by atoms with Crippen LogP contribution in [0.5, 0.6) is 23.0 Å².